The van der Waals surface area contributed by atoms with Crippen LogP contribution in [0.3, 0.4) is 0 Å². The molecule has 4 nitrogen and oxygen atoms in total. The van der Waals surface area contributed by atoms with Gasteiger partial charge in [-0.15, -0.1) is 0 Å². The highest BCUT2D eigenvalue weighted by Gasteiger charge is 2.39. The van der Waals surface area contributed by atoms with Gasteiger partial charge in [0.25, 0.3) is 0 Å². The number of benzene rings is 4. The summed E-state index contributed by atoms with van der Waals surface area (Å²) in [7, 11) is 0. The summed E-state index contributed by atoms with van der Waals surface area (Å²) in [4.78, 5) is 4.72. The summed E-state index contributed by atoms with van der Waals surface area (Å²) in [5.74, 6) is 0.787. The quantitative estimate of drug-likeness (QED) is 0.330. The van der Waals surface area contributed by atoms with Crippen LogP contribution in [0, 0.1) is 0 Å². The molecule has 0 fully saturated rings. The summed E-state index contributed by atoms with van der Waals surface area (Å²) in [6.07, 6.45) is 3.77. The van der Waals surface area contributed by atoms with Crippen LogP contribution < -0.4 is 4.74 Å². The highest BCUT2D eigenvalue weighted by Crippen LogP contribution is 2.42. The SMILES string of the molecule is OC(c1cn(C(c2ccccc2)(c2ccccc2)c2ccccc2)cn1)c1cccc2c1OCC2. The van der Waals surface area contributed by atoms with E-state index >= 15 is 0 Å². The Kier molecular flexibility index (Phi) is 5.44. The fourth-order valence-electron chi connectivity index (χ4n) is 5.26. The lowest BCUT2D eigenvalue weighted by Crippen LogP contribution is -2.37. The van der Waals surface area contributed by atoms with Crippen LogP contribution in [0.15, 0.2) is 122 Å². The second-order valence-electron chi connectivity index (χ2n) is 8.85. The predicted molar refractivity (Wildman–Crippen MR) is 137 cm³/mol. The molecule has 1 unspecified atom stereocenters. The molecule has 1 atom stereocenters. The average molecular weight is 459 g/mol. The number of ether oxygens (including phenoxy) is 1. The molecule has 5 aromatic rings. The molecule has 0 aliphatic carbocycles. The lowest BCUT2D eigenvalue weighted by molar-refractivity contribution is 0.209. The fourth-order valence-corrected chi connectivity index (χ4v) is 5.26. The van der Waals surface area contributed by atoms with Crippen molar-refractivity contribution in [2.75, 3.05) is 6.61 Å². The first-order valence-electron chi connectivity index (χ1n) is 11.9. The number of hydrogen-bond donors (Lipinski definition) is 1. The number of para-hydroxylation sites is 1. The van der Waals surface area contributed by atoms with Gasteiger partial charge in [-0.3, -0.25) is 0 Å². The number of aromatic nitrogens is 2. The van der Waals surface area contributed by atoms with Crippen LogP contribution in [0.5, 0.6) is 5.75 Å². The van der Waals surface area contributed by atoms with E-state index in [1.165, 1.54) is 0 Å². The normalized spacial score (nSPS) is 13.7. The minimum absolute atomic E-state index is 0.584. The smallest absolute Gasteiger partial charge is 0.128 e. The first kappa shape index (κ1) is 21.4. The van der Waals surface area contributed by atoms with Crippen LogP contribution in [0.25, 0.3) is 0 Å². The third kappa shape index (κ3) is 3.54. The molecule has 0 saturated carbocycles. The average Bonchev–Trinajstić information content (AvgIpc) is 3.61. The molecule has 1 aliphatic rings. The molecule has 1 N–H and O–H groups in total. The third-order valence-corrected chi connectivity index (χ3v) is 6.88. The number of aliphatic hydroxyl groups is 1. The molecule has 0 radical (unpaired) electrons. The maximum atomic E-state index is 11.4. The van der Waals surface area contributed by atoms with E-state index in [4.69, 9.17) is 9.72 Å². The van der Waals surface area contributed by atoms with Crippen molar-refractivity contribution in [3.63, 3.8) is 0 Å². The van der Waals surface area contributed by atoms with Gasteiger partial charge in [0.15, 0.2) is 0 Å². The molecular formula is C31H26N2O2. The highest BCUT2D eigenvalue weighted by molar-refractivity contribution is 5.51. The number of aliphatic hydroxyl groups excluding tert-OH is 1. The molecule has 0 saturated heterocycles. The van der Waals surface area contributed by atoms with Gasteiger partial charge < -0.3 is 14.4 Å². The van der Waals surface area contributed by atoms with Gasteiger partial charge in [0.05, 0.1) is 18.6 Å². The lowest BCUT2D eigenvalue weighted by atomic mass is 9.77. The maximum absolute atomic E-state index is 11.4. The zero-order chi connectivity index (χ0) is 23.7. The Labute approximate surface area is 205 Å². The van der Waals surface area contributed by atoms with Crippen LogP contribution in [0.1, 0.15) is 39.6 Å². The second-order valence-corrected chi connectivity index (χ2v) is 8.85. The van der Waals surface area contributed by atoms with Gasteiger partial charge in [0.2, 0.25) is 0 Å². The third-order valence-electron chi connectivity index (χ3n) is 6.88. The monoisotopic (exact) mass is 458 g/mol. The van der Waals surface area contributed by atoms with E-state index in [2.05, 4.69) is 83.4 Å². The van der Waals surface area contributed by atoms with E-state index in [1.54, 1.807) is 0 Å². The van der Waals surface area contributed by atoms with Crippen LogP contribution in [0.4, 0.5) is 0 Å². The van der Waals surface area contributed by atoms with E-state index in [1.807, 2.05) is 42.9 Å². The van der Waals surface area contributed by atoms with Crippen molar-refractivity contribution >= 4 is 0 Å². The number of nitrogens with zero attached hydrogens (tertiary/aromatic N) is 2. The molecular weight excluding hydrogens is 432 g/mol. The zero-order valence-corrected chi connectivity index (χ0v) is 19.3. The van der Waals surface area contributed by atoms with Crippen molar-refractivity contribution in [2.45, 2.75) is 18.1 Å². The van der Waals surface area contributed by atoms with Crippen molar-refractivity contribution in [1.29, 1.82) is 0 Å². The lowest BCUT2D eigenvalue weighted by Gasteiger charge is -2.37. The predicted octanol–water partition coefficient (Wildman–Crippen LogP) is 5.74. The van der Waals surface area contributed by atoms with Crippen molar-refractivity contribution in [3.8, 4) is 5.75 Å². The van der Waals surface area contributed by atoms with Crippen LogP contribution in [-0.2, 0) is 12.0 Å². The Morgan fingerprint density at radius 3 is 1.89 bits per heavy atom. The zero-order valence-electron chi connectivity index (χ0n) is 19.3. The molecule has 6 rings (SSSR count). The van der Waals surface area contributed by atoms with Crippen molar-refractivity contribution in [2.24, 2.45) is 0 Å². The second kappa shape index (κ2) is 8.90. The van der Waals surface area contributed by atoms with Gasteiger partial charge in [-0.05, 0) is 22.3 Å². The van der Waals surface area contributed by atoms with Crippen LogP contribution in [-0.4, -0.2) is 21.3 Å². The number of fused-ring (bicyclic) bond motifs is 1. The first-order chi connectivity index (χ1) is 17.3. The Bertz CT molecular complexity index is 1330. The molecule has 2 heterocycles. The fraction of sp³-hybridized carbons (Fsp3) is 0.129. The van der Waals surface area contributed by atoms with E-state index in [0.717, 1.165) is 40.0 Å². The summed E-state index contributed by atoms with van der Waals surface area (Å²) in [6, 6.07) is 37.3. The van der Waals surface area contributed by atoms with E-state index in [-0.39, 0.29) is 0 Å². The highest BCUT2D eigenvalue weighted by atomic mass is 16.5. The van der Waals surface area contributed by atoms with Gasteiger partial charge >= 0.3 is 0 Å². The minimum atomic E-state index is -0.885. The Morgan fingerprint density at radius 1 is 0.743 bits per heavy atom. The Hall–Kier alpha value is -4.15. The Morgan fingerprint density at radius 2 is 1.31 bits per heavy atom. The summed E-state index contributed by atoms with van der Waals surface area (Å²) < 4.78 is 7.98. The minimum Gasteiger partial charge on any atom is -0.493 e. The molecule has 0 spiro atoms. The summed E-state index contributed by atoms with van der Waals surface area (Å²) in [5, 5.41) is 11.4. The number of hydrogen-bond acceptors (Lipinski definition) is 3. The van der Waals surface area contributed by atoms with Gasteiger partial charge in [0.1, 0.15) is 17.4 Å². The van der Waals surface area contributed by atoms with Gasteiger partial charge in [0, 0.05) is 18.2 Å². The van der Waals surface area contributed by atoms with Crippen LogP contribution in [0.2, 0.25) is 0 Å². The van der Waals surface area contributed by atoms with Gasteiger partial charge in [-0.2, -0.15) is 0 Å². The Balaban J connectivity index is 1.55. The number of imidazole rings is 1. The molecule has 4 aromatic carbocycles. The molecule has 35 heavy (non-hydrogen) atoms. The number of rotatable bonds is 6. The molecule has 1 aliphatic heterocycles. The van der Waals surface area contributed by atoms with E-state index in [0.29, 0.717) is 12.3 Å². The maximum Gasteiger partial charge on any atom is 0.128 e. The topological polar surface area (TPSA) is 47.3 Å². The van der Waals surface area contributed by atoms with Crippen molar-refractivity contribution < 1.29 is 9.84 Å². The molecule has 1 aromatic heterocycles. The summed E-state index contributed by atoms with van der Waals surface area (Å²) in [6.45, 7) is 0.645. The van der Waals surface area contributed by atoms with E-state index < -0.39 is 11.6 Å². The molecule has 0 bridgehead atoms. The molecule has 0 amide bonds. The summed E-state index contributed by atoms with van der Waals surface area (Å²) >= 11 is 0. The molecule has 4 heteroatoms. The van der Waals surface area contributed by atoms with Crippen molar-refractivity contribution in [3.05, 3.63) is 155 Å². The first-order valence-corrected chi connectivity index (χ1v) is 11.9. The van der Waals surface area contributed by atoms with E-state index in [9.17, 15) is 5.11 Å². The van der Waals surface area contributed by atoms with Crippen molar-refractivity contribution in [1.82, 2.24) is 9.55 Å². The van der Waals surface area contributed by atoms with Crippen LogP contribution >= 0.6 is 0 Å². The molecule has 172 valence electrons. The van der Waals surface area contributed by atoms with Gasteiger partial charge in [-0.1, -0.05) is 109 Å². The van der Waals surface area contributed by atoms with Gasteiger partial charge in [-0.25, -0.2) is 4.98 Å². The standard InChI is InChI=1S/C31H26N2O2/c34-29(27-18-10-11-23-19-20-35-30(23)27)28-21-33(22-32-28)31(24-12-4-1-5-13-24,25-14-6-2-7-15-25)26-16-8-3-9-17-26/h1-18,21-22,29,34H,19-20H2. The summed E-state index contributed by atoms with van der Waals surface area (Å²) in [5.41, 5.74) is 5.15. The largest absolute Gasteiger partial charge is 0.493 e.